The fourth-order valence-corrected chi connectivity index (χ4v) is 1.89. The standard InChI is InChI=1S/C16H16F3NO/c1-20-10-12-5-7-13(8-6-12)11-21-15-4-2-3-14(9-15)16(17,18)19/h2-9,20H,10-11H2,1H3. The summed E-state index contributed by atoms with van der Waals surface area (Å²) in [4.78, 5) is 0. The number of hydrogen-bond acceptors (Lipinski definition) is 2. The Hall–Kier alpha value is -2.01. The molecule has 0 saturated heterocycles. The van der Waals surface area contributed by atoms with Gasteiger partial charge in [0.2, 0.25) is 0 Å². The summed E-state index contributed by atoms with van der Waals surface area (Å²) in [6.45, 7) is 1.01. The molecule has 112 valence electrons. The molecule has 0 aliphatic rings. The minimum Gasteiger partial charge on any atom is -0.489 e. The first-order valence-electron chi connectivity index (χ1n) is 6.51. The van der Waals surface area contributed by atoms with Crippen LogP contribution in [0.15, 0.2) is 48.5 Å². The molecular formula is C16H16F3NO. The third kappa shape index (κ3) is 4.49. The Balaban J connectivity index is 1.99. The maximum absolute atomic E-state index is 12.6. The first-order chi connectivity index (χ1) is 9.99. The zero-order valence-electron chi connectivity index (χ0n) is 11.6. The van der Waals surface area contributed by atoms with Crippen LogP contribution in [0.25, 0.3) is 0 Å². The number of benzene rings is 2. The second-order valence-corrected chi connectivity index (χ2v) is 4.66. The van der Waals surface area contributed by atoms with Crippen molar-refractivity contribution < 1.29 is 17.9 Å². The lowest BCUT2D eigenvalue weighted by molar-refractivity contribution is -0.137. The number of nitrogens with one attached hydrogen (secondary N) is 1. The quantitative estimate of drug-likeness (QED) is 0.900. The third-order valence-corrected chi connectivity index (χ3v) is 2.97. The van der Waals surface area contributed by atoms with Crippen molar-refractivity contribution in [2.45, 2.75) is 19.3 Å². The first-order valence-corrected chi connectivity index (χ1v) is 6.51. The van der Waals surface area contributed by atoms with Gasteiger partial charge in [0.05, 0.1) is 5.56 Å². The van der Waals surface area contributed by atoms with E-state index in [2.05, 4.69) is 5.32 Å². The van der Waals surface area contributed by atoms with Gasteiger partial charge in [0.15, 0.2) is 0 Å². The Morgan fingerprint density at radius 1 is 1.00 bits per heavy atom. The molecular weight excluding hydrogens is 279 g/mol. The van der Waals surface area contributed by atoms with E-state index in [1.54, 1.807) is 0 Å². The number of ether oxygens (including phenoxy) is 1. The minimum atomic E-state index is -4.35. The summed E-state index contributed by atoms with van der Waals surface area (Å²) in [7, 11) is 1.87. The van der Waals surface area contributed by atoms with E-state index in [9.17, 15) is 13.2 Å². The van der Waals surface area contributed by atoms with Gasteiger partial charge in [0.25, 0.3) is 0 Å². The van der Waals surface area contributed by atoms with Gasteiger partial charge in [-0.2, -0.15) is 13.2 Å². The van der Waals surface area contributed by atoms with Crippen LogP contribution in [0.5, 0.6) is 5.75 Å². The Kier molecular flexibility index (Phi) is 4.85. The van der Waals surface area contributed by atoms with E-state index < -0.39 is 11.7 Å². The predicted octanol–water partition coefficient (Wildman–Crippen LogP) is 4.00. The summed E-state index contributed by atoms with van der Waals surface area (Å²) < 4.78 is 43.2. The maximum Gasteiger partial charge on any atom is 0.416 e. The normalized spacial score (nSPS) is 11.4. The van der Waals surface area contributed by atoms with Gasteiger partial charge in [-0.15, -0.1) is 0 Å². The molecule has 0 amide bonds. The van der Waals surface area contributed by atoms with Crippen LogP contribution in [-0.2, 0) is 19.3 Å². The van der Waals surface area contributed by atoms with E-state index in [0.717, 1.165) is 29.8 Å². The first kappa shape index (κ1) is 15.4. The highest BCUT2D eigenvalue weighted by atomic mass is 19.4. The fraction of sp³-hybridized carbons (Fsp3) is 0.250. The molecule has 0 bridgehead atoms. The van der Waals surface area contributed by atoms with Gasteiger partial charge in [-0.25, -0.2) is 0 Å². The molecule has 2 nitrogen and oxygen atoms in total. The smallest absolute Gasteiger partial charge is 0.416 e. The average molecular weight is 295 g/mol. The topological polar surface area (TPSA) is 21.3 Å². The Morgan fingerprint density at radius 2 is 1.67 bits per heavy atom. The van der Waals surface area contributed by atoms with E-state index in [1.807, 2.05) is 31.3 Å². The summed E-state index contributed by atoms with van der Waals surface area (Å²) in [5.74, 6) is 0.212. The second-order valence-electron chi connectivity index (χ2n) is 4.66. The largest absolute Gasteiger partial charge is 0.489 e. The molecule has 0 heterocycles. The van der Waals surface area contributed by atoms with Crippen LogP contribution < -0.4 is 10.1 Å². The van der Waals surface area contributed by atoms with E-state index in [-0.39, 0.29) is 12.4 Å². The highest BCUT2D eigenvalue weighted by Gasteiger charge is 2.30. The van der Waals surface area contributed by atoms with Gasteiger partial charge >= 0.3 is 6.18 Å². The summed E-state index contributed by atoms with van der Waals surface area (Å²) in [6, 6.07) is 12.6. The van der Waals surface area contributed by atoms with Crippen molar-refractivity contribution in [3.05, 3.63) is 65.2 Å². The van der Waals surface area contributed by atoms with Crippen molar-refractivity contribution in [2.24, 2.45) is 0 Å². The molecule has 21 heavy (non-hydrogen) atoms. The van der Waals surface area contributed by atoms with Gasteiger partial charge in [0, 0.05) is 6.54 Å². The monoisotopic (exact) mass is 295 g/mol. The zero-order chi connectivity index (χ0) is 15.3. The number of hydrogen-bond donors (Lipinski definition) is 1. The molecule has 0 saturated carbocycles. The Morgan fingerprint density at radius 3 is 2.29 bits per heavy atom. The summed E-state index contributed by atoms with van der Waals surface area (Å²) in [5.41, 5.74) is 1.34. The molecule has 0 aromatic heterocycles. The van der Waals surface area contributed by atoms with E-state index >= 15 is 0 Å². The van der Waals surface area contributed by atoms with E-state index in [1.165, 1.54) is 12.1 Å². The van der Waals surface area contributed by atoms with Crippen LogP contribution in [0.4, 0.5) is 13.2 Å². The molecule has 0 atom stereocenters. The van der Waals surface area contributed by atoms with Crippen molar-refractivity contribution in [1.29, 1.82) is 0 Å². The minimum absolute atomic E-state index is 0.212. The van der Waals surface area contributed by atoms with E-state index in [4.69, 9.17) is 4.74 Å². The average Bonchev–Trinajstić information content (AvgIpc) is 2.46. The Labute approximate surface area is 121 Å². The molecule has 2 aromatic carbocycles. The third-order valence-electron chi connectivity index (χ3n) is 2.97. The van der Waals surface area contributed by atoms with Crippen molar-refractivity contribution >= 4 is 0 Å². The molecule has 0 spiro atoms. The molecule has 0 unspecified atom stereocenters. The molecule has 2 rings (SSSR count). The van der Waals surface area contributed by atoms with E-state index in [0.29, 0.717) is 0 Å². The van der Waals surface area contributed by atoms with Crippen molar-refractivity contribution in [3.8, 4) is 5.75 Å². The molecule has 5 heteroatoms. The lowest BCUT2D eigenvalue weighted by Gasteiger charge is -2.10. The SMILES string of the molecule is CNCc1ccc(COc2cccc(C(F)(F)F)c2)cc1. The molecule has 0 aliphatic heterocycles. The van der Waals surface area contributed by atoms with Crippen LogP contribution in [-0.4, -0.2) is 7.05 Å². The molecule has 0 aliphatic carbocycles. The van der Waals surface area contributed by atoms with Crippen LogP contribution >= 0.6 is 0 Å². The van der Waals surface area contributed by atoms with Crippen LogP contribution in [0.3, 0.4) is 0 Å². The maximum atomic E-state index is 12.6. The Bertz CT molecular complexity index is 579. The van der Waals surface area contributed by atoms with Crippen LogP contribution in [0, 0.1) is 0 Å². The van der Waals surface area contributed by atoms with Crippen molar-refractivity contribution in [1.82, 2.24) is 5.32 Å². The molecule has 0 fully saturated rings. The predicted molar refractivity (Wildman–Crippen MR) is 75.0 cm³/mol. The van der Waals surface area contributed by atoms with Crippen LogP contribution in [0.1, 0.15) is 16.7 Å². The number of halogens is 3. The number of alkyl halides is 3. The van der Waals surface area contributed by atoms with Crippen LogP contribution in [0.2, 0.25) is 0 Å². The van der Waals surface area contributed by atoms with Gasteiger partial charge in [-0.3, -0.25) is 0 Å². The number of rotatable bonds is 5. The zero-order valence-corrected chi connectivity index (χ0v) is 11.6. The summed E-state index contributed by atoms with van der Waals surface area (Å²) in [5, 5.41) is 3.04. The summed E-state index contributed by atoms with van der Waals surface area (Å²) in [6.07, 6.45) is -4.35. The van der Waals surface area contributed by atoms with Gasteiger partial charge in [-0.1, -0.05) is 30.3 Å². The molecule has 1 N–H and O–H groups in total. The lowest BCUT2D eigenvalue weighted by Crippen LogP contribution is -2.06. The second kappa shape index (κ2) is 6.63. The van der Waals surface area contributed by atoms with Gasteiger partial charge in [0.1, 0.15) is 12.4 Å². The fourth-order valence-electron chi connectivity index (χ4n) is 1.89. The molecule has 0 radical (unpaired) electrons. The highest BCUT2D eigenvalue weighted by Crippen LogP contribution is 2.31. The van der Waals surface area contributed by atoms with Gasteiger partial charge < -0.3 is 10.1 Å². The van der Waals surface area contributed by atoms with Gasteiger partial charge in [-0.05, 0) is 36.4 Å². The molecule has 2 aromatic rings. The summed E-state index contributed by atoms with van der Waals surface area (Å²) >= 11 is 0. The lowest BCUT2D eigenvalue weighted by atomic mass is 10.1. The van der Waals surface area contributed by atoms with Crippen molar-refractivity contribution in [2.75, 3.05) is 7.05 Å². The highest BCUT2D eigenvalue weighted by molar-refractivity contribution is 5.31. The van der Waals surface area contributed by atoms with Crippen molar-refractivity contribution in [3.63, 3.8) is 0 Å².